The fourth-order valence-electron chi connectivity index (χ4n) is 3.04. The third-order valence-corrected chi connectivity index (χ3v) is 4.70. The van der Waals surface area contributed by atoms with E-state index in [1.165, 1.54) is 25.7 Å². The van der Waals surface area contributed by atoms with E-state index in [1.807, 2.05) is 9.58 Å². The van der Waals surface area contributed by atoms with Crippen molar-refractivity contribution in [1.82, 2.24) is 19.9 Å². The van der Waals surface area contributed by atoms with Crippen LogP contribution in [0.3, 0.4) is 0 Å². The maximum atomic E-state index is 12.1. The Morgan fingerprint density at radius 3 is 2.71 bits per heavy atom. The summed E-state index contributed by atoms with van der Waals surface area (Å²) >= 11 is 0. The molecule has 1 saturated heterocycles. The predicted octanol–water partition coefficient (Wildman–Crippen LogP) is 2.58. The second-order valence-electron chi connectivity index (χ2n) is 6.55. The van der Waals surface area contributed by atoms with Gasteiger partial charge in [-0.25, -0.2) is 4.68 Å². The molecule has 5 nitrogen and oxygen atoms in total. The average Bonchev–Trinajstić information content (AvgIpc) is 3.20. The first-order chi connectivity index (χ1) is 10.3. The smallest absolute Gasteiger partial charge is 0.222 e. The highest BCUT2D eigenvalue weighted by Gasteiger charge is 2.29. The molecule has 5 heteroatoms. The summed E-state index contributed by atoms with van der Waals surface area (Å²) < 4.78 is 2.02. The highest BCUT2D eigenvalue weighted by atomic mass is 16.2. The lowest BCUT2D eigenvalue weighted by Crippen LogP contribution is -2.39. The Bertz CT molecular complexity index is 472. The predicted molar refractivity (Wildman–Crippen MR) is 80.8 cm³/mol. The second kappa shape index (κ2) is 6.58. The summed E-state index contributed by atoms with van der Waals surface area (Å²) in [4.78, 5) is 14.2. The lowest BCUT2D eigenvalue weighted by Gasteiger charge is -2.32. The van der Waals surface area contributed by atoms with Crippen molar-refractivity contribution in [3.63, 3.8) is 0 Å². The molecule has 1 aromatic heterocycles. The third-order valence-electron chi connectivity index (χ3n) is 4.70. The van der Waals surface area contributed by atoms with Crippen LogP contribution in [-0.2, 0) is 11.2 Å². The van der Waals surface area contributed by atoms with Crippen molar-refractivity contribution < 1.29 is 4.79 Å². The molecule has 0 spiro atoms. The Morgan fingerprint density at radius 1 is 1.29 bits per heavy atom. The summed E-state index contributed by atoms with van der Waals surface area (Å²) in [5.74, 6) is 1.05. The number of carbonyl (C=O) groups is 1. The molecule has 0 aromatic carbocycles. The number of amides is 1. The van der Waals surface area contributed by atoms with E-state index in [-0.39, 0.29) is 0 Å². The fourth-order valence-corrected chi connectivity index (χ4v) is 3.04. The van der Waals surface area contributed by atoms with E-state index >= 15 is 0 Å². The Hall–Kier alpha value is -1.39. The van der Waals surface area contributed by atoms with Gasteiger partial charge in [-0.2, -0.15) is 0 Å². The first kappa shape index (κ1) is 14.5. The SMILES string of the molecule is CCCCc1cn(C2CCN(C(=O)CC3CC3)CC2)nn1. The molecule has 116 valence electrons. The minimum atomic E-state index is 0.359. The monoisotopic (exact) mass is 290 g/mol. The van der Waals surface area contributed by atoms with Crippen LogP contribution < -0.4 is 0 Å². The van der Waals surface area contributed by atoms with Crippen molar-refractivity contribution in [2.45, 2.75) is 64.3 Å². The number of hydrogen-bond acceptors (Lipinski definition) is 3. The number of likely N-dealkylation sites (tertiary alicyclic amines) is 1. The molecule has 2 heterocycles. The number of nitrogens with zero attached hydrogens (tertiary/aromatic N) is 4. The van der Waals surface area contributed by atoms with Crippen LogP contribution in [0, 0.1) is 5.92 Å². The van der Waals surface area contributed by atoms with Crippen LogP contribution in [0.1, 0.15) is 63.6 Å². The van der Waals surface area contributed by atoms with Crippen molar-refractivity contribution >= 4 is 5.91 Å². The molecule has 3 rings (SSSR count). The first-order valence-corrected chi connectivity index (χ1v) is 8.44. The zero-order chi connectivity index (χ0) is 14.7. The van der Waals surface area contributed by atoms with Crippen molar-refractivity contribution in [2.75, 3.05) is 13.1 Å². The second-order valence-corrected chi connectivity index (χ2v) is 6.55. The van der Waals surface area contributed by atoms with Crippen molar-refractivity contribution in [3.05, 3.63) is 11.9 Å². The molecule has 0 N–H and O–H groups in total. The minimum absolute atomic E-state index is 0.359. The largest absolute Gasteiger partial charge is 0.343 e. The summed E-state index contributed by atoms with van der Waals surface area (Å²) in [5, 5.41) is 8.55. The molecule has 2 fully saturated rings. The number of unbranched alkanes of at least 4 members (excludes halogenated alkanes) is 1. The molecular formula is C16H26N4O. The van der Waals surface area contributed by atoms with E-state index in [4.69, 9.17) is 0 Å². The Balaban J connectivity index is 1.48. The van der Waals surface area contributed by atoms with E-state index in [0.717, 1.165) is 44.5 Å². The zero-order valence-corrected chi connectivity index (χ0v) is 13.0. The third kappa shape index (κ3) is 3.83. The van der Waals surface area contributed by atoms with Gasteiger partial charge in [0.05, 0.1) is 11.7 Å². The van der Waals surface area contributed by atoms with Gasteiger partial charge in [0.25, 0.3) is 0 Å². The van der Waals surface area contributed by atoms with Gasteiger partial charge >= 0.3 is 0 Å². The molecule has 0 unspecified atom stereocenters. The molecule has 1 aliphatic heterocycles. The normalized spacial score (nSPS) is 20.0. The summed E-state index contributed by atoms with van der Waals surface area (Å²) in [6.45, 7) is 3.94. The molecular weight excluding hydrogens is 264 g/mol. The lowest BCUT2D eigenvalue weighted by atomic mass is 10.0. The summed E-state index contributed by atoms with van der Waals surface area (Å²) in [5.41, 5.74) is 1.10. The number of aromatic nitrogens is 3. The maximum Gasteiger partial charge on any atom is 0.222 e. The van der Waals surface area contributed by atoms with Gasteiger partial charge in [-0.05, 0) is 44.4 Å². The van der Waals surface area contributed by atoms with Crippen molar-refractivity contribution in [1.29, 1.82) is 0 Å². The molecule has 2 aliphatic rings. The van der Waals surface area contributed by atoms with Gasteiger partial charge in [-0.15, -0.1) is 5.10 Å². The van der Waals surface area contributed by atoms with Crippen LogP contribution in [0.2, 0.25) is 0 Å². The van der Waals surface area contributed by atoms with Gasteiger partial charge in [0.2, 0.25) is 5.91 Å². The van der Waals surface area contributed by atoms with E-state index in [9.17, 15) is 4.79 Å². The van der Waals surface area contributed by atoms with E-state index < -0.39 is 0 Å². The van der Waals surface area contributed by atoms with Crippen LogP contribution in [0.4, 0.5) is 0 Å². The molecule has 21 heavy (non-hydrogen) atoms. The van der Waals surface area contributed by atoms with Gasteiger partial charge < -0.3 is 4.90 Å². The topological polar surface area (TPSA) is 51.0 Å². The van der Waals surface area contributed by atoms with E-state index in [2.05, 4.69) is 23.4 Å². The standard InChI is InChI=1S/C16H26N4O/c1-2-3-4-14-12-20(18-17-14)15-7-9-19(10-8-15)16(21)11-13-5-6-13/h12-13,15H,2-11H2,1H3. The average molecular weight is 290 g/mol. The Kier molecular flexibility index (Phi) is 4.56. The van der Waals surface area contributed by atoms with E-state index in [0.29, 0.717) is 17.9 Å². The molecule has 0 bridgehead atoms. The molecule has 1 aliphatic carbocycles. The Morgan fingerprint density at radius 2 is 2.05 bits per heavy atom. The molecule has 0 radical (unpaired) electrons. The zero-order valence-electron chi connectivity index (χ0n) is 13.0. The molecule has 1 amide bonds. The summed E-state index contributed by atoms with van der Waals surface area (Å²) in [7, 11) is 0. The number of hydrogen-bond donors (Lipinski definition) is 0. The highest BCUT2D eigenvalue weighted by Crippen LogP contribution is 2.33. The van der Waals surface area contributed by atoms with Crippen LogP contribution in [0.5, 0.6) is 0 Å². The van der Waals surface area contributed by atoms with Crippen molar-refractivity contribution in [2.24, 2.45) is 5.92 Å². The number of rotatable bonds is 6. The van der Waals surface area contributed by atoms with Gasteiger partial charge in [0.1, 0.15) is 0 Å². The van der Waals surface area contributed by atoms with Gasteiger partial charge in [-0.1, -0.05) is 18.6 Å². The van der Waals surface area contributed by atoms with Crippen LogP contribution in [-0.4, -0.2) is 38.9 Å². The highest BCUT2D eigenvalue weighted by molar-refractivity contribution is 5.76. The van der Waals surface area contributed by atoms with Crippen LogP contribution in [0.15, 0.2) is 6.20 Å². The molecule has 0 atom stereocenters. The van der Waals surface area contributed by atoms with Gasteiger partial charge in [0, 0.05) is 25.7 Å². The number of piperidine rings is 1. The van der Waals surface area contributed by atoms with Crippen LogP contribution >= 0.6 is 0 Å². The lowest BCUT2D eigenvalue weighted by molar-refractivity contribution is -0.132. The fraction of sp³-hybridized carbons (Fsp3) is 0.812. The molecule has 1 saturated carbocycles. The maximum absolute atomic E-state index is 12.1. The summed E-state index contributed by atoms with van der Waals surface area (Å²) in [6.07, 6.45) is 10.8. The van der Waals surface area contributed by atoms with Crippen LogP contribution in [0.25, 0.3) is 0 Å². The number of carbonyl (C=O) groups excluding carboxylic acids is 1. The van der Waals surface area contributed by atoms with Gasteiger partial charge in [0.15, 0.2) is 0 Å². The van der Waals surface area contributed by atoms with Crippen molar-refractivity contribution in [3.8, 4) is 0 Å². The quantitative estimate of drug-likeness (QED) is 0.809. The van der Waals surface area contributed by atoms with Gasteiger partial charge in [-0.3, -0.25) is 4.79 Å². The Labute approximate surface area is 126 Å². The minimum Gasteiger partial charge on any atom is -0.343 e. The van der Waals surface area contributed by atoms with E-state index in [1.54, 1.807) is 0 Å². The number of aryl methyl sites for hydroxylation is 1. The molecule has 1 aromatic rings. The summed E-state index contributed by atoms with van der Waals surface area (Å²) in [6, 6.07) is 0.415. The first-order valence-electron chi connectivity index (χ1n) is 8.44.